The Morgan fingerprint density at radius 3 is 2.38 bits per heavy atom. The number of nitrogens with one attached hydrogen (secondary N) is 1. The molecule has 0 radical (unpaired) electrons. The summed E-state index contributed by atoms with van der Waals surface area (Å²) in [7, 11) is 0. The Balaban J connectivity index is 1.46. The molecule has 32 heavy (non-hydrogen) atoms. The SMILES string of the molecule is N#Cc1ccc(NC(=O)N(CC(=O)N(Cc2ccccc2)Cc2ccco2)C2CC2)cc1. The molecule has 0 atom stereocenters. The van der Waals surface area contributed by atoms with Gasteiger partial charge >= 0.3 is 6.03 Å². The van der Waals surface area contributed by atoms with Crippen LogP contribution in [-0.2, 0) is 17.9 Å². The second-order valence-electron chi connectivity index (χ2n) is 7.79. The molecule has 0 aliphatic heterocycles. The highest BCUT2D eigenvalue weighted by Crippen LogP contribution is 2.28. The van der Waals surface area contributed by atoms with Gasteiger partial charge in [0.1, 0.15) is 12.3 Å². The lowest BCUT2D eigenvalue weighted by atomic mass is 10.2. The number of nitriles is 1. The zero-order chi connectivity index (χ0) is 22.3. The van der Waals surface area contributed by atoms with Crippen molar-refractivity contribution >= 4 is 17.6 Å². The number of furan rings is 1. The zero-order valence-corrected chi connectivity index (χ0v) is 17.6. The van der Waals surface area contributed by atoms with Crippen molar-refractivity contribution in [3.05, 3.63) is 89.9 Å². The van der Waals surface area contributed by atoms with E-state index in [1.54, 1.807) is 46.4 Å². The van der Waals surface area contributed by atoms with E-state index in [9.17, 15) is 9.59 Å². The number of hydrogen-bond donors (Lipinski definition) is 1. The maximum Gasteiger partial charge on any atom is 0.322 e. The van der Waals surface area contributed by atoms with Crippen LogP contribution in [0.15, 0.2) is 77.4 Å². The molecule has 0 spiro atoms. The van der Waals surface area contributed by atoms with Crippen molar-refractivity contribution in [1.29, 1.82) is 5.26 Å². The van der Waals surface area contributed by atoms with Crippen molar-refractivity contribution in [1.82, 2.24) is 9.80 Å². The summed E-state index contributed by atoms with van der Waals surface area (Å²) in [5.74, 6) is 0.543. The van der Waals surface area contributed by atoms with E-state index in [0.29, 0.717) is 30.1 Å². The summed E-state index contributed by atoms with van der Waals surface area (Å²) in [6.07, 6.45) is 3.35. The minimum absolute atomic E-state index is 0.0136. The first-order chi connectivity index (χ1) is 15.6. The standard InChI is InChI=1S/C25H24N4O3/c26-15-19-8-10-21(11-9-19)27-25(31)29(22-12-13-22)18-24(30)28(17-23-7-4-14-32-23)16-20-5-2-1-3-6-20/h1-11,14,22H,12-13,16-18H2,(H,27,31). The van der Waals surface area contributed by atoms with Gasteiger partial charge in [0, 0.05) is 18.3 Å². The minimum Gasteiger partial charge on any atom is -0.467 e. The van der Waals surface area contributed by atoms with E-state index in [1.807, 2.05) is 36.4 Å². The summed E-state index contributed by atoms with van der Waals surface area (Å²) in [6, 6.07) is 21.8. The molecule has 1 saturated carbocycles. The summed E-state index contributed by atoms with van der Waals surface area (Å²) < 4.78 is 5.45. The fraction of sp³-hybridized carbons (Fsp3) is 0.240. The average Bonchev–Trinajstić information content (AvgIpc) is 3.53. The van der Waals surface area contributed by atoms with Crippen molar-refractivity contribution in [2.24, 2.45) is 0 Å². The Hall–Kier alpha value is -4.05. The van der Waals surface area contributed by atoms with Gasteiger partial charge in [-0.1, -0.05) is 30.3 Å². The van der Waals surface area contributed by atoms with Crippen LogP contribution in [0.1, 0.15) is 29.7 Å². The highest BCUT2D eigenvalue weighted by molar-refractivity contribution is 5.92. The Morgan fingerprint density at radius 1 is 1.00 bits per heavy atom. The molecule has 1 aliphatic rings. The van der Waals surface area contributed by atoms with Crippen LogP contribution in [-0.4, -0.2) is 34.3 Å². The van der Waals surface area contributed by atoms with E-state index in [0.717, 1.165) is 18.4 Å². The first-order valence-corrected chi connectivity index (χ1v) is 10.5. The molecule has 3 amide bonds. The van der Waals surface area contributed by atoms with E-state index in [4.69, 9.17) is 9.68 Å². The monoisotopic (exact) mass is 428 g/mol. The van der Waals surface area contributed by atoms with Crippen LogP contribution < -0.4 is 5.32 Å². The van der Waals surface area contributed by atoms with Crippen LogP contribution in [0.3, 0.4) is 0 Å². The van der Waals surface area contributed by atoms with E-state index in [2.05, 4.69) is 11.4 Å². The van der Waals surface area contributed by atoms with Crippen LogP contribution in [0.4, 0.5) is 10.5 Å². The molecule has 162 valence electrons. The molecule has 1 fully saturated rings. The molecule has 7 nitrogen and oxygen atoms in total. The molecular formula is C25H24N4O3. The molecule has 2 aromatic carbocycles. The van der Waals surface area contributed by atoms with Crippen LogP contribution >= 0.6 is 0 Å². The van der Waals surface area contributed by atoms with Gasteiger partial charge in [-0.05, 0) is 54.8 Å². The molecule has 1 aliphatic carbocycles. The van der Waals surface area contributed by atoms with Gasteiger partial charge in [0.2, 0.25) is 5.91 Å². The molecular weight excluding hydrogens is 404 g/mol. The highest BCUT2D eigenvalue weighted by atomic mass is 16.3. The summed E-state index contributed by atoms with van der Waals surface area (Å²) in [5, 5.41) is 11.8. The number of hydrogen-bond acceptors (Lipinski definition) is 4. The Bertz CT molecular complexity index is 1080. The first-order valence-electron chi connectivity index (χ1n) is 10.5. The second kappa shape index (κ2) is 9.84. The summed E-state index contributed by atoms with van der Waals surface area (Å²) in [4.78, 5) is 29.5. The average molecular weight is 428 g/mol. The molecule has 7 heteroatoms. The molecule has 4 rings (SSSR count). The second-order valence-corrected chi connectivity index (χ2v) is 7.79. The third-order valence-corrected chi connectivity index (χ3v) is 5.32. The molecule has 3 aromatic rings. The van der Waals surface area contributed by atoms with E-state index in [-0.39, 0.29) is 24.5 Å². The van der Waals surface area contributed by atoms with Gasteiger partial charge in [0.25, 0.3) is 0 Å². The van der Waals surface area contributed by atoms with Crippen molar-refractivity contribution in [3.63, 3.8) is 0 Å². The van der Waals surface area contributed by atoms with Gasteiger partial charge in [0.05, 0.1) is 24.4 Å². The number of carbonyl (C=O) groups excluding carboxylic acids is 2. The largest absolute Gasteiger partial charge is 0.467 e. The number of nitrogens with zero attached hydrogens (tertiary/aromatic N) is 3. The van der Waals surface area contributed by atoms with Crippen LogP contribution in [0.25, 0.3) is 0 Å². The van der Waals surface area contributed by atoms with Crippen LogP contribution in [0, 0.1) is 11.3 Å². The van der Waals surface area contributed by atoms with Crippen molar-refractivity contribution in [2.75, 3.05) is 11.9 Å². The molecule has 0 saturated heterocycles. The topological polar surface area (TPSA) is 89.6 Å². The predicted octanol–water partition coefficient (Wildman–Crippen LogP) is 4.38. The molecule has 0 bridgehead atoms. The highest BCUT2D eigenvalue weighted by Gasteiger charge is 2.35. The summed E-state index contributed by atoms with van der Waals surface area (Å²) >= 11 is 0. The Kier molecular flexibility index (Phi) is 6.52. The predicted molar refractivity (Wildman–Crippen MR) is 119 cm³/mol. The summed E-state index contributed by atoms with van der Waals surface area (Å²) in [6.45, 7) is 0.743. The first kappa shape index (κ1) is 21.2. The maximum atomic E-state index is 13.3. The van der Waals surface area contributed by atoms with Gasteiger partial charge in [-0.15, -0.1) is 0 Å². The van der Waals surface area contributed by atoms with Gasteiger partial charge in [-0.3, -0.25) is 4.79 Å². The van der Waals surface area contributed by atoms with E-state index >= 15 is 0 Å². The Labute approximate surface area is 186 Å². The van der Waals surface area contributed by atoms with E-state index in [1.165, 1.54) is 0 Å². The molecule has 1 N–H and O–H groups in total. The van der Waals surface area contributed by atoms with Gasteiger partial charge in [-0.25, -0.2) is 4.79 Å². The lowest BCUT2D eigenvalue weighted by Crippen LogP contribution is -2.45. The number of carbonyl (C=O) groups is 2. The number of anilines is 1. The third-order valence-electron chi connectivity index (χ3n) is 5.32. The normalized spacial score (nSPS) is 12.6. The van der Waals surface area contributed by atoms with Crippen LogP contribution in [0.5, 0.6) is 0 Å². The fourth-order valence-corrected chi connectivity index (χ4v) is 3.45. The smallest absolute Gasteiger partial charge is 0.322 e. The van der Waals surface area contributed by atoms with E-state index < -0.39 is 0 Å². The third kappa shape index (κ3) is 5.55. The lowest BCUT2D eigenvalue weighted by molar-refractivity contribution is -0.133. The van der Waals surface area contributed by atoms with Gasteiger partial charge in [0.15, 0.2) is 0 Å². The number of amides is 3. The summed E-state index contributed by atoms with van der Waals surface area (Å²) in [5.41, 5.74) is 2.11. The lowest BCUT2D eigenvalue weighted by Gasteiger charge is -2.27. The number of benzene rings is 2. The van der Waals surface area contributed by atoms with Crippen molar-refractivity contribution in [2.45, 2.75) is 32.0 Å². The fourth-order valence-electron chi connectivity index (χ4n) is 3.45. The molecule has 1 heterocycles. The van der Waals surface area contributed by atoms with Gasteiger partial charge < -0.3 is 19.5 Å². The molecule has 0 unspecified atom stereocenters. The van der Waals surface area contributed by atoms with Crippen molar-refractivity contribution in [3.8, 4) is 6.07 Å². The van der Waals surface area contributed by atoms with Crippen LogP contribution in [0.2, 0.25) is 0 Å². The maximum absolute atomic E-state index is 13.3. The van der Waals surface area contributed by atoms with Gasteiger partial charge in [-0.2, -0.15) is 5.26 Å². The number of rotatable bonds is 8. The van der Waals surface area contributed by atoms with Crippen molar-refractivity contribution < 1.29 is 14.0 Å². The number of urea groups is 1. The zero-order valence-electron chi connectivity index (χ0n) is 17.6. The quantitative estimate of drug-likeness (QED) is 0.577. The Morgan fingerprint density at radius 2 is 1.75 bits per heavy atom. The minimum atomic E-state index is -0.316. The molecule has 1 aromatic heterocycles.